The first-order valence-electron chi connectivity index (χ1n) is 8.31. The Morgan fingerprint density at radius 3 is 2.72 bits per heavy atom. The zero-order chi connectivity index (χ0) is 12.6. The van der Waals surface area contributed by atoms with E-state index in [4.69, 9.17) is 0 Å². The Morgan fingerprint density at radius 1 is 0.889 bits per heavy atom. The van der Waals surface area contributed by atoms with Crippen molar-refractivity contribution in [1.29, 1.82) is 0 Å². The molecule has 2 N–H and O–H groups in total. The highest BCUT2D eigenvalue weighted by molar-refractivity contribution is 4.78. The van der Waals surface area contributed by atoms with Crippen LogP contribution in [0.4, 0.5) is 0 Å². The summed E-state index contributed by atoms with van der Waals surface area (Å²) >= 11 is 0. The van der Waals surface area contributed by atoms with E-state index in [9.17, 15) is 0 Å². The molecule has 2 rings (SSSR count). The zero-order valence-corrected chi connectivity index (χ0v) is 12.2. The third-order valence-electron chi connectivity index (χ3n) is 4.82. The van der Waals surface area contributed by atoms with Gasteiger partial charge in [0.05, 0.1) is 0 Å². The van der Waals surface area contributed by atoms with Crippen LogP contribution in [0.25, 0.3) is 0 Å². The average molecular weight is 252 g/mol. The Labute approximate surface area is 113 Å². The molecule has 1 saturated heterocycles. The molecule has 0 spiro atoms. The van der Waals surface area contributed by atoms with Gasteiger partial charge >= 0.3 is 0 Å². The second kappa shape index (κ2) is 8.16. The summed E-state index contributed by atoms with van der Waals surface area (Å²) in [6, 6.07) is 1.52. The predicted octanol–water partition coefficient (Wildman–Crippen LogP) is 3.47. The fourth-order valence-electron chi connectivity index (χ4n) is 3.45. The standard InChI is InChI=1S/C16H32N2/c1-14-7-6-9-15(11-10-14)18-13-16-8-4-2-3-5-12-17-16/h14-18H,2-13H2,1H3. The number of nitrogens with one attached hydrogen (secondary N) is 2. The molecular formula is C16H32N2. The van der Waals surface area contributed by atoms with E-state index in [0.717, 1.165) is 18.0 Å². The highest BCUT2D eigenvalue weighted by Crippen LogP contribution is 2.22. The number of hydrogen-bond donors (Lipinski definition) is 2. The van der Waals surface area contributed by atoms with Crippen molar-refractivity contribution in [3.05, 3.63) is 0 Å². The lowest BCUT2D eigenvalue weighted by molar-refractivity contribution is 0.364. The Balaban J connectivity index is 1.65. The smallest absolute Gasteiger partial charge is 0.0192 e. The van der Waals surface area contributed by atoms with Gasteiger partial charge in [-0.15, -0.1) is 0 Å². The van der Waals surface area contributed by atoms with Crippen molar-refractivity contribution in [1.82, 2.24) is 10.6 Å². The van der Waals surface area contributed by atoms with Crippen LogP contribution in [0.1, 0.15) is 71.1 Å². The molecule has 0 aromatic heterocycles. The fourth-order valence-corrected chi connectivity index (χ4v) is 3.45. The molecule has 18 heavy (non-hydrogen) atoms. The van der Waals surface area contributed by atoms with E-state index in [1.54, 1.807) is 0 Å². The maximum absolute atomic E-state index is 3.84. The summed E-state index contributed by atoms with van der Waals surface area (Å²) in [6.45, 7) is 4.84. The summed E-state index contributed by atoms with van der Waals surface area (Å²) < 4.78 is 0. The first-order valence-corrected chi connectivity index (χ1v) is 8.31. The van der Waals surface area contributed by atoms with E-state index in [-0.39, 0.29) is 0 Å². The van der Waals surface area contributed by atoms with Gasteiger partial charge in [-0.05, 0) is 44.6 Å². The first kappa shape index (κ1) is 14.3. The molecule has 2 nitrogen and oxygen atoms in total. The van der Waals surface area contributed by atoms with Crippen molar-refractivity contribution in [3.63, 3.8) is 0 Å². The fraction of sp³-hybridized carbons (Fsp3) is 1.00. The van der Waals surface area contributed by atoms with Gasteiger partial charge in [-0.2, -0.15) is 0 Å². The zero-order valence-electron chi connectivity index (χ0n) is 12.2. The SMILES string of the molecule is CC1CCCC(NCC2CCCCCCN2)CC1. The van der Waals surface area contributed by atoms with Gasteiger partial charge < -0.3 is 10.6 Å². The van der Waals surface area contributed by atoms with E-state index in [1.165, 1.54) is 77.3 Å². The molecule has 1 heterocycles. The molecule has 0 aromatic carbocycles. The van der Waals surface area contributed by atoms with E-state index >= 15 is 0 Å². The van der Waals surface area contributed by atoms with E-state index in [0.29, 0.717) is 0 Å². The topological polar surface area (TPSA) is 24.1 Å². The molecular weight excluding hydrogens is 220 g/mol. The molecule has 0 amide bonds. The van der Waals surface area contributed by atoms with Gasteiger partial charge in [0.25, 0.3) is 0 Å². The van der Waals surface area contributed by atoms with Gasteiger partial charge in [-0.25, -0.2) is 0 Å². The normalized spacial score (nSPS) is 35.5. The monoisotopic (exact) mass is 252 g/mol. The van der Waals surface area contributed by atoms with Crippen LogP contribution < -0.4 is 10.6 Å². The summed E-state index contributed by atoms with van der Waals surface area (Å²) in [6.07, 6.45) is 14.1. The van der Waals surface area contributed by atoms with Crippen LogP contribution in [-0.4, -0.2) is 25.2 Å². The maximum atomic E-state index is 3.84. The van der Waals surface area contributed by atoms with Crippen molar-refractivity contribution < 1.29 is 0 Å². The number of hydrogen-bond acceptors (Lipinski definition) is 2. The molecule has 0 bridgehead atoms. The minimum Gasteiger partial charge on any atom is -0.313 e. The van der Waals surface area contributed by atoms with Crippen molar-refractivity contribution in [2.45, 2.75) is 83.2 Å². The van der Waals surface area contributed by atoms with E-state index in [1.807, 2.05) is 0 Å². The minimum absolute atomic E-state index is 0.728. The Bertz CT molecular complexity index is 204. The Morgan fingerprint density at radius 2 is 1.78 bits per heavy atom. The highest BCUT2D eigenvalue weighted by atomic mass is 15.0. The van der Waals surface area contributed by atoms with Gasteiger partial charge in [0.2, 0.25) is 0 Å². The van der Waals surface area contributed by atoms with Crippen molar-refractivity contribution in [2.75, 3.05) is 13.1 Å². The van der Waals surface area contributed by atoms with Crippen LogP contribution in [-0.2, 0) is 0 Å². The molecule has 2 heteroatoms. The van der Waals surface area contributed by atoms with Crippen LogP contribution in [0.2, 0.25) is 0 Å². The van der Waals surface area contributed by atoms with Crippen LogP contribution >= 0.6 is 0 Å². The van der Waals surface area contributed by atoms with E-state index in [2.05, 4.69) is 17.6 Å². The van der Waals surface area contributed by atoms with Gasteiger partial charge in [-0.3, -0.25) is 0 Å². The average Bonchev–Trinajstić information content (AvgIpc) is 2.53. The quantitative estimate of drug-likeness (QED) is 0.752. The predicted molar refractivity (Wildman–Crippen MR) is 78.9 cm³/mol. The minimum atomic E-state index is 0.728. The van der Waals surface area contributed by atoms with Gasteiger partial charge in [0, 0.05) is 18.6 Å². The molecule has 2 aliphatic rings. The second-order valence-electron chi connectivity index (χ2n) is 6.57. The second-order valence-corrected chi connectivity index (χ2v) is 6.57. The molecule has 3 unspecified atom stereocenters. The number of rotatable bonds is 3. The molecule has 0 aromatic rings. The summed E-state index contributed by atoms with van der Waals surface area (Å²) in [5, 5.41) is 7.56. The summed E-state index contributed by atoms with van der Waals surface area (Å²) in [5.74, 6) is 0.955. The third-order valence-corrected chi connectivity index (χ3v) is 4.82. The highest BCUT2D eigenvalue weighted by Gasteiger charge is 2.17. The largest absolute Gasteiger partial charge is 0.313 e. The summed E-state index contributed by atoms with van der Waals surface area (Å²) in [5.41, 5.74) is 0. The van der Waals surface area contributed by atoms with Crippen molar-refractivity contribution in [3.8, 4) is 0 Å². The lowest BCUT2D eigenvalue weighted by Gasteiger charge is -2.25. The third kappa shape index (κ3) is 5.27. The van der Waals surface area contributed by atoms with Gasteiger partial charge in [0.15, 0.2) is 0 Å². The van der Waals surface area contributed by atoms with Crippen LogP contribution in [0.3, 0.4) is 0 Å². The summed E-state index contributed by atoms with van der Waals surface area (Å²) in [7, 11) is 0. The molecule has 1 aliphatic heterocycles. The van der Waals surface area contributed by atoms with Crippen LogP contribution in [0.15, 0.2) is 0 Å². The molecule has 1 saturated carbocycles. The lowest BCUT2D eigenvalue weighted by Crippen LogP contribution is -2.43. The summed E-state index contributed by atoms with van der Waals surface area (Å²) in [4.78, 5) is 0. The maximum Gasteiger partial charge on any atom is 0.0192 e. The molecule has 3 atom stereocenters. The first-order chi connectivity index (χ1) is 8.84. The molecule has 2 fully saturated rings. The van der Waals surface area contributed by atoms with E-state index < -0.39 is 0 Å². The molecule has 1 aliphatic carbocycles. The van der Waals surface area contributed by atoms with Gasteiger partial charge in [0.1, 0.15) is 0 Å². The molecule has 106 valence electrons. The molecule has 0 radical (unpaired) electrons. The Kier molecular flexibility index (Phi) is 6.50. The van der Waals surface area contributed by atoms with Crippen LogP contribution in [0.5, 0.6) is 0 Å². The van der Waals surface area contributed by atoms with Crippen LogP contribution in [0, 0.1) is 5.92 Å². The van der Waals surface area contributed by atoms with Gasteiger partial charge in [-0.1, -0.05) is 39.0 Å². The Hall–Kier alpha value is -0.0800. The lowest BCUT2D eigenvalue weighted by atomic mass is 10.0. The van der Waals surface area contributed by atoms with Crippen molar-refractivity contribution >= 4 is 0 Å². The van der Waals surface area contributed by atoms with Crippen molar-refractivity contribution in [2.24, 2.45) is 5.92 Å².